The number of aromatic nitrogens is 1. The lowest BCUT2D eigenvalue weighted by Gasteiger charge is -2.32. The smallest absolute Gasteiger partial charge is 0.0743 e. The van der Waals surface area contributed by atoms with Crippen LogP contribution in [0, 0.1) is 0 Å². The Morgan fingerprint density at radius 1 is 1.24 bits per heavy atom. The van der Waals surface area contributed by atoms with Crippen LogP contribution in [0.4, 0.5) is 11.4 Å². The van der Waals surface area contributed by atoms with Crippen molar-refractivity contribution in [2.45, 2.75) is 32.2 Å². The Bertz CT molecular complexity index is 605. The number of nitrogens with zero attached hydrogens (tertiary/aromatic N) is 2. The maximum Gasteiger partial charge on any atom is 0.0743 e. The third-order valence-corrected chi connectivity index (χ3v) is 4.37. The van der Waals surface area contributed by atoms with Gasteiger partial charge in [-0.05, 0) is 57.1 Å². The van der Waals surface area contributed by atoms with Gasteiger partial charge in [0.15, 0.2) is 0 Å². The van der Waals surface area contributed by atoms with Crippen molar-refractivity contribution in [3.05, 3.63) is 30.5 Å². The van der Waals surface area contributed by atoms with Crippen molar-refractivity contribution in [3.63, 3.8) is 0 Å². The van der Waals surface area contributed by atoms with Crippen LogP contribution in [0.2, 0.25) is 0 Å². The van der Waals surface area contributed by atoms with Gasteiger partial charge in [0.1, 0.15) is 0 Å². The predicted octanol–water partition coefficient (Wildman–Crippen LogP) is 3.10. The lowest BCUT2D eigenvalue weighted by Crippen LogP contribution is -2.41. The average molecular weight is 284 g/mol. The van der Waals surface area contributed by atoms with Gasteiger partial charge in [-0.1, -0.05) is 6.42 Å². The molecule has 4 heteroatoms. The zero-order valence-corrected chi connectivity index (χ0v) is 12.7. The van der Waals surface area contributed by atoms with Crippen LogP contribution in [-0.4, -0.2) is 35.6 Å². The number of nitrogen functional groups attached to an aromatic ring is 1. The molecule has 2 aromatic rings. The minimum atomic E-state index is 0.558. The molecule has 0 bridgehead atoms. The summed E-state index contributed by atoms with van der Waals surface area (Å²) >= 11 is 0. The van der Waals surface area contributed by atoms with Crippen LogP contribution in [0.3, 0.4) is 0 Å². The highest BCUT2D eigenvalue weighted by atomic mass is 15.2. The van der Waals surface area contributed by atoms with E-state index in [1.54, 1.807) is 0 Å². The first-order valence-corrected chi connectivity index (χ1v) is 7.86. The number of likely N-dealkylation sites (tertiary alicyclic amines) is 1. The molecule has 1 aliphatic rings. The van der Waals surface area contributed by atoms with Gasteiger partial charge in [-0.15, -0.1) is 0 Å². The summed E-state index contributed by atoms with van der Waals surface area (Å²) in [5.41, 5.74) is 8.68. The Labute approximate surface area is 126 Å². The van der Waals surface area contributed by atoms with Crippen LogP contribution in [0.25, 0.3) is 10.9 Å². The molecule has 1 aromatic heterocycles. The molecule has 0 spiro atoms. The second kappa shape index (κ2) is 6.31. The number of nitrogens with one attached hydrogen (secondary N) is 1. The number of hydrogen-bond acceptors (Lipinski definition) is 4. The molecule has 2 heterocycles. The monoisotopic (exact) mass is 284 g/mol. The van der Waals surface area contributed by atoms with Crippen molar-refractivity contribution in [1.29, 1.82) is 0 Å². The van der Waals surface area contributed by atoms with E-state index in [1.165, 1.54) is 32.4 Å². The van der Waals surface area contributed by atoms with Crippen molar-refractivity contribution >= 4 is 22.3 Å². The first kappa shape index (κ1) is 14.1. The minimum absolute atomic E-state index is 0.558. The van der Waals surface area contributed by atoms with Gasteiger partial charge in [-0.25, -0.2) is 0 Å². The number of pyridine rings is 1. The van der Waals surface area contributed by atoms with Crippen LogP contribution in [-0.2, 0) is 0 Å². The van der Waals surface area contributed by atoms with E-state index >= 15 is 0 Å². The molecule has 3 rings (SSSR count). The fraction of sp³-hybridized carbons (Fsp3) is 0.471. The van der Waals surface area contributed by atoms with Crippen LogP contribution >= 0.6 is 0 Å². The van der Waals surface area contributed by atoms with Crippen LogP contribution in [0.1, 0.15) is 26.2 Å². The molecule has 0 saturated carbocycles. The van der Waals surface area contributed by atoms with Crippen molar-refractivity contribution in [2.24, 2.45) is 0 Å². The standard InChI is InChI=1S/C17H24N4/c1-13(21-9-3-2-4-10-21)12-20-16-7-8-19-17-11-14(18)5-6-15(16)17/h5-8,11,13H,2-4,9-10,12,18H2,1H3,(H,19,20). The van der Waals surface area contributed by atoms with E-state index in [0.717, 1.165) is 28.8 Å². The van der Waals surface area contributed by atoms with Gasteiger partial charge in [0.2, 0.25) is 0 Å². The molecule has 21 heavy (non-hydrogen) atoms. The molecule has 1 saturated heterocycles. The van der Waals surface area contributed by atoms with Crippen molar-refractivity contribution in [2.75, 3.05) is 30.7 Å². The van der Waals surface area contributed by atoms with E-state index < -0.39 is 0 Å². The summed E-state index contributed by atoms with van der Waals surface area (Å²) in [5, 5.41) is 4.72. The number of benzene rings is 1. The summed E-state index contributed by atoms with van der Waals surface area (Å²) in [6.45, 7) is 5.73. The van der Waals surface area contributed by atoms with Crippen LogP contribution in [0.15, 0.2) is 30.5 Å². The molecule has 4 nitrogen and oxygen atoms in total. The highest BCUT2D eigenvalue weighted by Crippen LogP contribution is 2.23. The normalized spacial score (nSPS) is 17.8. The van der Waals surface area contributed by atoms with Crippen molar-refractivity contribution < 1.29 is 0 Å². The quantitative estimate of drug-likeness (QED) is 0.847. The Kier molecular flexibility index (Phi) is 4.25. The van der Waals surface area contributed by atoms with Gasteiger partial charge in [-0.3, -0.25) is 9.88 Å². The summed E-state index contributed by atoms with van der Waals surface area (Å²) in [6.07, 6.45) is 5.90. The van der Waals surface area contributed by atoms with Crippen molar-refractivity contribution in [1.82, 2.24) is 9.88 Å². The van der Waals surface area contributed by atoms with E-state index in [9.17, 15) is 0 Å². The predicted molar refractivity (Wildman–Crippen MR) is 89.5 cm³/mol. The van der Waals surface area contributed by atoms with Gasteiger partial charge >= 0.3 is 0 Å². The molecule has 1 aliphatic heterocycles. The zero-order valence-electron chi connectivity index (χ0n) is 12.7. The number of piperidine rings is 1. The third kappa shape index (κ3) is 3.27. The summed E-state index contributed by atoms with van der Waals surface area (Å²) in [7, 11) is 0. The zero-order chi connectivity index (χ0) is 14.7. The number of anilines is 2. The number of fused-ring (bicyclic) bond motifs is 1. The molecule has 0 aliphatic carbocycles. The Balaban J connectivity index is 1.70. The number of nitrogens with two attached hydrogens (primary N) is 1. The molecule has 1 aromatic carbocycles. The largest absolute Gasteiger partial charge is 0.399 e. The summed E-state index contributed by atoms with van der Waals surface area (Å²) in [4.78, 5) is 6.97. The molecule has 112 valence electrons. The van der Waals surface area contributed by atoms with E-state index in [0.29, 0.717) is 6.04 Å². The van der Waals surface area contributed by atoms with Gasteiger partial charge in [-0.2, -0.15) is 0 Å². The third-order valence-electron chi connectivity index (χ3n) is 4.37. The van der Waals surface area contributed by atoms with E-state index in [4.69, 9.17) is 5.73 Å². The first-order valence-electron chi connectivity index (χ1n) is 7.86. The summed E-state index contributed by atoms with van der Waals surface area (Å²) < 4.78 is 0. The first-order chi connectivity index (χ1) is 10.2. The van der Waals surface area contributed by atoms with Crippen molar-refractivity contribution in [3.8, 4) is 0 Å². The second-order valence-corrected chi connectivity index (χ2v) is 5.96. The number of rotatable bonds is 4. The fourth-order valence-corrected chi connectivity index (χ4v) is 3.07. The lowest BCUT2D eigenvalue weighted by atomic mass is 10.1. The molecule has 1 unspecified atom stereocenters. The molecule has 1 atom stereocenters. The van der Waals surface area contributed by atoms with Gasteiger partial charge in [0.25, 0.3) is 0 Å². The Morgan fingerprint density at radius 3 is 2.86 bits per heavy atom. The fourth-order valence-electron chi connectivity index (χ4n) is 3.07. The minimum Gasteiger partial charge on any atom is -0.399 e. The van der Waals surface area contributed by atoms with Gasteiger partial charge < -0.3 is 11.1 Å². The molecule has 0 radical (unpaired) electrons. The molecule has 0 amide bonds. The average Bonchev–Trinajstić information content (AvgIpc) is 2.53. The molecular weight excluding hydrogens is 260 g/mol. The molecule has 3 N–H and O–H groups in total. The topological polar surface area (TPSA) is 54.2 Å². The highest BCUT2D eigenvalue weighted by Gasteiger charge is 2.16. The highest BCUT2D eigenvalue weighted by molar-refractivity contribution is 5.92. The molecule has 1 fully saturated rings. The maximum absolute atomic E-state index is 5.83. The Morgan fingerprint density at radius 2 is 2.05 bits per heavy atom. The number of hydrogen-bond donors (Lipinski definition) is 2. The molecular formula is C17H24N4. The van der Waals surface area contributed by atoms with Gasteiger partial charge in [0, 0.05) is 35.5 Å². The van der Waals surface area contributed by atoms with Crippen LogP contribution in [0.5, 0.6) is 0 Å². The van der Waals surface area contributed by atoms with Gasteiger partial charge in [0.05, 0.1) is 5.52 Å². The second-order valence-electron chi connectivity index (χ2n) is 5.96. The SMILES string of the molecule is CC(CNc1ccnc2cc(N)ccc12)N1CCCCC1. The van der Waals surface area contributed by atoms with E-state index in [-0.39, 0.29) is 0 Å². The summed E-state index contributed by atoms with van der Waals surface area (Å²) in [5.74, 6) is 0. The van der Waals surface area contributed by atoms with E-state index in [1.807, 2.05) is 30.5 Å². The maximum atomic E-state index is 5.83. The van der Waals surface area contributed by atoms with Crippen LogP contribution < -0.4 is 11.1 Å². The summed E-state index contributed by atoms with van der Waals surface area (Å²) in [6, 6.07) is 8.51. The lowest BCUT2D eigenvalue weighted by molar-refractivity contribution is 0.180. The van der Waals surface area contributed by atoms with E-state index in [2.05, 4.69) is 22.1 Å². The Hall–Kier alpha value is -1.81.